The molecule has 1 heterocycles. The number of thioether (sulfide) groups is 1. The molecule has 0 fully saturated rings. The molecule has 0 spiro atoms. The van der Waals surface area contributed by atoms with Gasteiger partial charge in [-0.15, -0.1) is 11.8 Å². The fourth-order valence-corrected chi connectivity index (χ4v) is 4.32. The molecule has 5 nitrogen and oxygen atoms in total. The van der Waals surface area contributed by atoms with E-state index in [0.29, 0.717) is 5.56 Å². The van der Waals surface area contributed by atoms with Crippen molar-refractivity contribution < 1.29 is 9.59 Å². The van der Waals surface area contributed by atoms with Gasteiger partial charge in [0, 0.05) is 41.2 Å². The molecule has 0 aromatic heterocycles. The van der Waals surface area contributed by atoms with Crippen LogP contribution in [0.2, 0.25) is 0 Å². The number of nitrogens with one attached hydrogen (secondary N) is 2. The Labute approximate surface area is 175 Å². The van der Waals surface area contributed by atoms with Gasteiger partial charge in [0.25, 0.3) is 0 Å². The van der Waals surface area contributed by atoms with Crippen LogP contribution in [0.15, 0.2) is 52.3 Å². The summed E-state index contributed by atoms with van der Waals surface area (Å²) >= 11 is 3.32. The number of hydrogen-bond donors (Lipinski definition) is 2. The van der Waals surface area contributed by atoms with Crippen molar-refractivity contribution in [2.24, 2.45) is 0 Å². The number of carbonyl (C=O) groups is 2. The molecular weight excluding hydrogens is 390 g/mol. The lowest BCUT2D eigenvalue weighted by molar-refractivity contribution is -0.115. The number of fused-ring (bicyclic) bond motifs is 1. The molecule has 0 bridgehead atoms. The number of rotatable bonds is 6. The summed E-state index contributed by atoms with van der Waals surface area (Å²) in [5, 5.41) is 5.85. The zero-order valence-corrected chi connectivity index (χ0v) is 18.3. The standard InChI is InChI=1S/C11H18N2S.C10H9NO2S/c1-4-13(5-2)14-11-8-6-7-10(9-11)12-3;1-6-10(13)11-8-4-7(5-12)2-3-9(8)14-6/h6-9,12H,4-5H2,1-3H3;2-6H,1H3,(H,11,13). The second kappa shape index (κ2) is 11.1. The van der Waals surface area contributed by atoms with Crippen LogP contribution < -0.4 is 10.6 Å². The van der Waals surface area contributed by atoms with E-state index in [2.05, 4.69) is 53.1 Å². The van der Waals surface area contributed by atoms with Crippen molar-refractivity contribution in [3.63, 3.8) is 0 Å². The van der Waals surface area contributed by atoms with E-state index < -0.39 is 0 Å². The van der Waals surface area contributed by atoms with Gasteiger partial charge in [-0.25, -0.2) is 4.31 Å². The minimum atomic E-state index is -0.0652. The van der Waals surface area contributed by atoms with Gasteiger partial charge in [-0.1, -0.05) is 26.0 Å². The molecule has 28 heavy (non-hydrogen) atoms. The Morgan fingerprint density at radius 2 is 1.96 bits per heavy atom. The first-order chi connectivity index (χ1) is 13.5. The van der Waals surface area contributed by atoms with Crippen molar-refractivity contribution in [2.45, 2.75) is 35.8 Å². The molecule has 2 N–H and O–H groups in total. The highest BCUT2D eigenvalue weighted by atomic mass is 32.2. The number of amides is 1. The molecule has 150 valence electrons. The first-order valence-electron chi connectivity index (χ1n) is 9.28. The highest BCUT2D eigenvalue weighted by Gasteiger charge is 2.22. The molecule has 0 saturated heterocycles. The molecule has 1 unspecified atom stereocenters. The first-order valence-corrected chi connectivity index (χ1v) is 10.9. The number of benzene rings is 2. The molecule has 0 aliphatic carbocycles. The van der Waals surface area contributed by atoms with Crippen LogP contribution in [0.5, 0.6) is 0 Å². The van der Waals surface area contributed by atoms with E-state index in [9.17, 15) is 9.59 Å². The lowest BCUT2D eigenvalue weighted by Gasteiger charge is -2.21. The highest BCUT2D eigenvalue weighted by Crippen LogP contribution is 2.35. The lowest BCUT2D eigenvalue weighted by Crippen LogP contribution is -2.26. The molecule has 1 aliphatic rings. The van der Waals surface area contributed by atoms with Gasteiger partial charge in [0.1, 0.15) is 6.29 Å². The van der Waals surface area contributed by atoms with E-state index in [1.807, 2.05) is 32.0 Å². The van der Waals surface area contributed by atoms with Crippen LogP contribution in [0.3, 0.4) is 0 Å². The van der Waals surface area contributed by atoms with Crippen molar-refractivity contribution in [1.82, 2.24) is 4.31 Å². The number of nitrogens with zero attached hydrogens (tertiary/aromatic N) is 1. The summed E-state index contributed by atoms with van der Waals surface area (Å²) in [6, 6.07) is 13.8. The van der Waals surface area contributed by atoms with Crippen molar-refractivity contribution in [2.75, 3.05) is 30.8 Å². The van der Waals surface area contributed by atoms with Crippen LogP contribution in [0, 0.1) is 0 Å². The average Bonchev–Trinajstić information content (AvgIpc) is 2.73. The zero-order chi connectivity index (χ0) is 20.5. The maximum atomic E-state index is 11.3. The Bertz CT molecular complexity index is 810. The fourth-order valence-electron chi connectivity index (χ4n) is 2.51. The summed E-state index contributed by atoms with van der Waals surface area (Å²) in [7, 11) is 1.95. The third-order valence-corrected chi connectivity index (χ3v) is 6.55. The molecule has 0 radical (unpaired) electrons. The Morgan fingerprint density at radius 3 is 2.61 bits per heavy atom. The van der Waals surface area contributed by atoms with Crippen LogP contribution in [0.25, 0.3) is 0 Å². The van der Waals surface area contributed by atoms with Gasteiger partial charge < -0.3 is 10.6 Å². The maximum Gasteiger partial charge on any atom is 0.237 e. The van der Waals surface area contributed by atoms with Gasteiger partial charge in [0.05, 0.1) is 10.9 Å². The molecule has 1 amide bonds. The largest absolute Gasteiger partial charge is 0.388 e. The number of hydrogen-bond acceptors (Lipinski definition) is 6. The molecule has 3 rings (SSSR count). The van der Waals surface area contributed by atoms with E-state index in [0.717, 1.165) is 30.0 Å². The molecule has 7 heteroatoms. The summed E-state index contributed by atoms with van der Waals surface area (Å²) in [5.41, 5.74) is 2.49. The van der Waals surface area contributed by atoms with Gasteiger partial charge in [-0.3, -0.25) is 9.59 Å². The second-order valence-corrected chi connectivity index (χ2v) is 8.66. The predicted molar refractivity (Wildman–Crippen MR) is 121 cm³/mol. The lowest BCUT2D eigenvalue weighted by atomic mass is 10.2. The van der Waals surface area contributed by atoms with Gasteiger partial charge in [0.2, 0.25) is 5.91 Å². The fraction of sp³-hybridized carbons (Fsp3) is 0.333. The van der Waals surface area contributed by atoms with Crippen LogP contribution in [-0.2, 0) is 4.79 Å². The van der Waals surface area contributed by atoms with Crippen molar-refractivity contribution >= 4 is 47.3 Å². The quantitative estimate of drug-likeness (QED) is 0.509. The van der Waals surface area contributed by atoms with E-state index >= 15 is 0 Å². The molecule has 2 aromatic rings. The van der Waals surface area contributed by atoms with Gasteiger partial charge >= 0.3 is 0 Å². The second-order valence-electron chi connectivity index (χ2n) is 6.11. The smallest absolute Gasteiger partial charge is 0.237 e. The Hall–Kier alpha value is -1.96. The molecule has 0 saturated carbocycles. The van der Waals surface area contributed by atoms with E-state index in [1.165, 1.54) is 22.3 Å². The van der Waals surface area contributed by atoms with Crippen molar-refractivity contribution in [3.8, 4) is 0 Å². The van der Waals surface area contributed by atoms with Crippen LogP contribution >= 0.6 is 23.7 Å². The summed E-state index contributed by atoms with van der Waals surface area (Å²) < 4.78 is 2.33. The van der Waals surface area contributed by atoms with Gasteiger partial charge in [-0.05, 0) is 49.2 Å². The average molecular weight is 418 g/mol. The third kappa shape index (κ3) is 6.29. The molecular formula is C21H27N3O2S2. The Balaban J connectivity index is 0.000000200. The van der Waals surface area contributed by atoms with Crippen molar-refractivity contribution in [1.29, 1.82) is 0 Å². The topological polar surface area (TPSA) is 61.4 Å². The van der Waals surface area contributed by atoms with Gasteiger partial charge in [-0.2, -0.15) is 0 Å². The number of anilines is 2. The highest BCUT2D eigenvalue weighted by molar-refractivity contribution is 8.01. The predicted octanol–water partition coefficient (Wildman–Crippen LogP) is 5.01. The molecule has 1 atom stereocenters. The van der Waals surface area contributed by atoms with E-state index in [4.69, 9.17) is 0 Å². The third-order valence-electron chi connectivity index (χ3n) is 4.13. The summed E-state index contributed by atoms with van der Waals surface area (Å²) in [4.78, 5) is 24.2. The summed E-state index contributed by atoms with van der Waals surface area (Å²) in [6.45, 7) is 8.36. The Kier molecular flexibility index (Phi) is 8.89. The molecule has 2 aromatic carbocycles. The normalized spacial score (nSPS) is 15.2. The monoisotopic (exact) mass is 417 g/mol. The van der Waals surface area contributed by atoms with Crippen LogP contribution in [0.4, 0.5) is 11.4 Å². The SMILES string of the molecule is CC1Sc2ccc(C=O)cc2NC1=O.CCN(CC)Sc1cccc(NC)c1. The number of aldehydes is 1. The minimum Gasteiger partial charge on any atom is -0.388 e. The first kappa shape index (κ1) is 22.3. The van der Waals surface area contributed by atoms with E-state index in [-0.39, 0.29) is 11.2 Å². The molecule has 1 aliphatic heterocycles. The van der Waals surface area contributed by atoms with Gasteiger partial charge in [0.15, 0.2) is 0 Å². The van der Waals surface area contributed by atoms with E-state index in [1.54, 1.807) is 12.1 Å². The Morgan fingerprint density at radius 1 is 1.21 bits per heavy atom. The van der Waals surface area contributed by atoms with Crippen molar-refractivity contribution in [3.05, 3.63) is 48.0 Å². The van der Waals surface area contributed by atoms with Crippen LogP contribution in [0.1, 0.15) is 31.1 Å². The summed E-state index contributed by atoms with van der Waals surface area (Å²) in [6.07, 6.45) is 0.773. The maximum absolute atomic E-state index is 11.3. The van der Waals surface area contributed by atoms with Crippen LogP contribution in [-0.4, -0.2) is 41.9 Å². The zero-order valence-electron chi connectivity index (χ0n) is 16.7. The number of carbonyl (C=O) groups excluding carboxylic acids is 2. The minimum absolute atomic E-state index is 0.00875. The summed E-state index contributed by atoms with van der Waals surface area (Å²) in [5.74, 6) is -0.00875.